The van der Waals surface area contributed by atoms with Gasteiger partial charge in [0.25, 0.3) is 0 Å². The molecule has 35 heavy (non-hydrogen) atoms. The van der Waals surface area contributed by atoms with E-state index in [1.54, 1.807) is 0 Å². The molecule has 1 aliphatic carbocycles. The molecule has 1 unspecified atom stereocenters. The van der Waals surface area contributed by atoms with Crippen molar-refractivity contribution in [3.63, 3.8) is 0 Å². The van der Waals surface area contributed by atoms with Crippen molar-refractivity contribution in [2.45, 2.75) is 50.3 Å². The normalized spacial score (nSPS) is 16.6. The third-order valence-corrected chi connectivity index (χ3v) is 14.1. The van der Waals surface area contributed by atoms with Crippen molar-refractivity contribution in [2.75, 3.05) is 0 Å². The first-order chi connectivity index (χ1) is 15.4. The van der Waals surface area contributed by atoms with E-state index in [1.807, 2.05) is 0 Å². The third kappa shape index (κ3) is 6.27. The number of benzene rings is 3. The number of halogens is 3. The van der Waals surface area contributed by atoms with Crippen molar-refractivity contribution >= 4 is 23.6 Å². The average molecular weight is 576 g/mol. The average Bonchev–Trinajstić information content (AvgIpc) is 3.15. The molecule has 0 bridgehead atoms. The van der Waals surface area contributed by atoms with Crippen LogP contribution in [0.3, 0.4) is 0 Å². The van der Waals surface area contributed by atoms with E-state index in [0.717, 1.165) is 0 Å². The van der Waals surface area contributed by atoms with Gasteiger partial charge in [-0.1, -0.05) is 0 Å². The van der Waals surface area contributed by atoms with Crippen LogP contribution in [0.15, 0.2) is 96.6 Å². The Morgan fingerprint density at radius 3 is 1.51 bits per heavy atom. The molecule has 0 fully saturated rings. The first-order valence-electron chi connectivity index (χ1n) is 11.8. The van der Waals surface area contributed by atoms with Gasteiger partial charge in [-0.25, -0.2) is 0 Å². The van der Waals surface area contributed by atoms with Crippen molar-refractivity contribution in [3.05, 3.63) is 113 Å². The molecular formula is C30H33Cl3SiTi. The van der Waals surface area contributed by atoms with Crippen LogP contribution in [-0.4, -0.2) is 8.07 Å². The molecule has 0 spiro atoms. The van der Waals surface area contributed by atoms with E-state index in [1.165, 1.54) is 57.1 Å². The zero-order valence-corrected chi connectivity index (χ0v) is 25.7. The Kier molecular flexibility index (Phi) is 12.3. The third-order valence-electron chi connectivity index (χ3n) is 6.77. The van der Waals surface area contributed by atoms with E-state index in [4.69, 9.17) is 0 Å². The summed E-state index contributed by atoms with van der Waals surface area (Å²) >= 11 is 2.49. The first kappa shape index (κ1) is 32.0. The number of allylic oxidation sites excluding steroid dienone is 4. The Hall–Kier alpha value is -1.06. The summed E-state index contributed by atoms with van der Waals surface area (Å²) in [6.07, 6.45) is 11.2. The van der Waals surface area contributed by atoms with E-state index in [9.17, 15) is 0 Å². The monoisotopic (exact) mass is 574 g/mol. The molecule has 182 valence electrons. The molecule has 1 atom stereocenters. The number of hydrogen-bond donors (Lipinski definition) is 0. The minimum Gasteiger partial charge on any atom is -1.00 e. The SMILES string of the molecule is CCCCC1=C[C]([Ti+3])([Si](c2cccc(C)c2)(c2cccc(C)c2)c2cccc(C)c2)C=C1.[Cl-].[Cl-].[Cl-]. The van der Waals surface area contributed by atoms with E-state index < -0.39 is 8.07 Å². The van der Waals surface area contributed by atoms with Gasteiger partial charge in [0.1, 0.15) is 0 Å². The van der Waals surface area contributed by atoms with Crippen molar-refractivity contribution in [3.8, 4) is 0 Å². The van der Waals surface area contributed by atoms with Crippen LogP contribution in [0, 0.1) is 20.8 Å². The molecule has 0 radical (unpaired) electrons. The van der Waals surface area contributed by atoms with Gasteiger partial charge in [0, 0.05) is 0 Å². The molecule has 0 amide bonds. The van der Waals surface area contributed by atoms with Gasteiger partial charge >= 0.3 is 208 Å². The molecule has 1 aliphatic rings. The van der Waals surface area contributed by atoms with Crippen molar-refractivity contribution < 1.29 is 57.7 Å². The second-order valence-electron chi connectivity index (χ2n) is 9.38. The largest absolute Gasteiger partial charge is 1.00 e. The Morgan fingerprint density at radius 1 is 0.714 bits per heavy atom. The number of aryl methyl sites for hydroxylation is 3. The summed E-state index contributed by atoms with van der Waals surface area (Å²) in [5, 5.41) is 4.48. The van der Waals surface area contributed by atoms with Gasteiger partial charge in [-0.2, -0.15) is 0 Å². The van der Waals surface area contributed by atoms with Gasteiger partial charge < -0.3 is 37.2 Å². The molecule has 0 N–H and O–H groups in total. The minimum absolute atomic E-state index is 0. The van der Waals surface area contributed by atoms with Gasteiger partial charge in [-0.05, 0) is 0 Å². The van der Waals surface area contributed by atoms with Gasteiger partial charge in [0.15, 0.2) is 0 Å². The molecule has 3 aromatic rings. The van der Waals surface area contributed by atoms with Crippen LogP contribution in [0.5, 0.6) is 0 Å². The van der Waals surface area contributed by atoms with Crippen molar-refractivity contribution in [1.29, 1.82) is 0 Å². The summed E-state index contributed by atoms with van der Waals surface area (Å²) in [6, 6.07) is 28.0. The summed E-state index contributed by atoms with van der Waals surface area (Å²) in [4.78, 5) is 0. The van der Waals surface area contributed by atoms with E-state index in [0.29, 0.717) is 0 Å². The molecule has 0 saturated heterocycles. The second-order valence-corrected chi connectivity index (χ2v) is 15.5. The summed E-state index contributed by atoms with van der Waals surface area (Å²) in [5.41, 5.74) is 5.50. The molecule has 0 nitrogen and oxygen atoms in total. The molecule has 0 aliphatic heterocycles. The molecule has 0 saturated carbocycles. The van der Waals surface area contributed by atoms with Crippen LogP contribution in [0.4, 0.5) is 0 Å². The standard InChI is InChI=1S/C30H33Si.3ClH.Ti/c1-5-6-13-26-17-18-30(22-26)31(27-14-7-10-23(2)19-27,28-15-8-11-24(3)20-28)29-16-9-12-25(4)21-29;;;;/h7-12,14-22H,5-6,13H2,1-4H3;3*1H;/q;;;;+3/p-3. The van der Waals surface area contributed by atoms with Crippen LogP contribution < -0.4 is 52.8 Å². The van der Waals surface area contributed by atoms with Crippen molar-refractivity contribution in [1.82, 2.24) is 0 Å². The van der Waals surface area contributed by atoms with Crippen LogP contribution in [0.1, 0.15) is 42.9 Å². The fourth-order valence-electron chi connectivity index (χ4n) is 5.25. The van der Waals surface area contributed by atoms with Crippen LogP contribution in [-0.2, 0) is 20.4 Å². The van der Waals surface area contributed by atoms with Gasteiger partial charge in [-0.3, -0.25) is 0 Å². The fraction of sp³-hybridized carbons (Fsp3) is 0.267. The maximum atomic E-state index is 2.61. The minimum atomic E-state index is -2.45. The van der Waals surface area contributed by atoms with Gasteiger partial charge in [-0.15, -0.1) is 0 Å². The van der Waals surface area contributed by atoms with Crippen LogP contribution in [0.2, 0.25) is 3.34 Å². The van der Waals surface area contributed by atoms with Crippen LogP contribution in [0.25, 0.3) is 0 Å². The predicted molar refractivity (Wildman–Crippen MR) is 138 cm³/mol. The zero-order chi connectivity index (χ0) is 22.8. The van der Waals surface area contributed by atoms with E-state index >= 15 is 0 Å². The smallest absolute Gasteiger partial charge is 1.00 e. The molecular weight excluding hydrogens is 543 g/mol. The quantitative estimate of drug-likeness (QED) is 0.209. The van der Waals surface area contributed by atoms with Gasteiger partial charge in [0.05, 0.1) is 0 Å². The van der Waals surface area contributed by atoms with E-state index in [2.05, 4.69) is 139 Å². The molecule has 4 rings (SSSR count). The summed E-state index contributed by atoms with van der Waals surface area (Å²) < 4.78 is -0.0363. The Labute approximate surface area is 243 Å². The summed E-state index contributed by atoms with van der Waals surface area (Å²) in [6.45, 7) is 8.96. The number of unbranched alkanes of at least 4 members (excludes halogenated alkanes) is 1. The second kappa shape index (κ2) is 13.5. The number of hydrogen-bond acceptors (Lipinski definition) is 0. The molecule has 0 aromatic heterocycles. The van der Waals surface area contributed by atoms with Crippen molar-refractivity contribution in [2.24, 2.45) is 0 Å². The first-order valence-corrected chi connectivity index (χ1v) is 14.5. The van der Waals surface area contributed by atoms with E-state index in [-0.39, 0.29) is 40.6 Å². The summed E-state index contributed by atoms with van der Waals surface area (Å²) in [7, 11) is -2.45. The fourth-order valence-corrected chi connectivity index (χ4v) is 13.2. The molecule has 5 heteroatoms. The molecule has 3 aromatic carbocycles. The molecule has 0 heterocycles. The van der Waals surface area contributed by atoms with Gasteiger partial charge in [0.2, 0.25) is 0 Å². The number of rotatable bonds is 7. The Bertz CT molecular complexity index is 1080. The maximum absolute atomic E-state index is 2.61. The topological polar surface area (TPSA) is 0 Å². The maximum Gasteiger partial charge on any atom is -1.00 e. The Morgan fingerprint density at radius 2 is 1.14 bits per heavy atom. The van der Waals surface area contributed by atoms with Crippen LogP contribution >= 0.6 is 0 Å². The zero-order valence-electron chi connectivity index (χ0n) is 20.9. The predicted octanol–water partition coefficient (Wildman–Crippen LogP) is -2.97. The summed E-state index contributed by atoms with van der Waals surface area (Å²) in [5.74, 6) is 0. The Balaban J connectivity index is 0.00000204.